The highest BCUT2D eigenvalue weighted by Gasteiger charge is 2.44. The molecule has 5 heteroatoms. The molecule has 3 atom stereocenters. The number of fused-ring (bicyclic) bond motifs is 2. The number of benzene rings is 1. The van der Waals surface area contributed by atoms with E-state index in [1.807, 2.05) is 35.2 Å². The molecule has 120 valence electrons. The molecule has 1 amide bonds. The van der Waals surface area contributed by atoms with Crippen molar-refractivity contribution >= 4 is 16.8 Å². The van der Waals surface area contributed by atoms with E-state index in [2.05, 4.69) is 4.98 Å². The van der Waals surface area contributed by atoms with E-state index in [1.165, 1.54) is 0 Å². The SMILES string of the molecule is CO[C@H]1CC[C@H]2[C@H]1OCCN2C(=O)c1cnc2ccccc2c1. The van der Waals surface area contributed by atoms with Gasteiger partial charge in [0, 0.05) is 25.2 Å². The number of para-hydroxylation sites is 1. The van der Waals surface area contributed by atoms with Gasteiger partial charge in [0.25, 0.3) is 5.91 Å². The highest BCUT2D eigenvalue weighted by atomic mass is 16.5. The average molecular weight is 312 g/mol. The summed E-state index contributed by atoms with van der Waals surface area (Å²) in [4.78, 5) is 19.3. The van der Waals surface area contributed by atoms with Crippen LogP contribution in [0.5, 0.6) is 0 Å². The van der Waals surface area contributed by atoms with Crippen molar-refractivity contribution < 1.29 is 14.3 Å². The summed E-state index contributed by atoms with van der Waals surface area (Å²) in [6, 6.07) is 9.88. The van der Waals surface area contributed by atoms with Gasteiger partial charge in [-0.25, -0.2) is 0 Å². The molecule has 2 fully saturated rings. The van der Waals surface area contributed by atoms with Crippen molar-refractivity contribution in [3.8, 4) is 0 Å². The molecule has 0 spiro atoms. The van der Waals surface area contributed by atoms with Crippen LogP contribution < -0.4 is 0 Å². The smallest absolute Gasteiger partial charge is 0.255 e. The quantitative estimate of drug-likeness (QED) is 0.853. The molecule has 23 heavy (non-hydrogen) atoms. The molecule has 1 saturated heterocycles. The molecule has 2 heterocycles. The number of morpholine rings is 1. The topological polar surface area (TPSA) is 51.7 Å². The van der Waals surface area contributed by atoms with Gasteiger partial charge < -0.3 is 14.4 Å². The molecule has 0 unspecified atom stereocenters. The highest BCUT2D eigenvalue weighted by molar-refractivity contribution is 5.97. The Morgan fingerprint density at radius 1 is 1.35 bits per heavy atom. The number of ether oxygens (including phenoxy) is 2. The van der Waals surface area contributed by atoms with Crippen molar-refractivity contribution in [1.29, 1.82) is 0 Å². The molecule has 5 nitrogen and oxygen atoms in total. The molecule has 1 aromatic carbocycles. The van der Waals surface area contributed by atoms with Crippen LogP contribution in [0.2, 0.25) is 0 Å². The molecule has 0 radical (unpaired) electrons. The van der Waals surface area contributed by atoms with E-state index in [4.69, 9.17) is 9.47 Å². The molecular formula is C18H20N2O3. The molecule has 1 aliphatic carbocycles. The fraction of sp³-hybridized carbons (Fsp3) is 0.444. The number of aromatic nitrogens is 1. The first-order chi connectivity index (χ1) is 11.3. The van der Waals surface area contributed by atoms with Gasteiger partial charge in [-0.2, -0.15) is 0 Å². The van der Waals surface area contributed by atoms with Crippen LogP contribution in [-0.2, 0) is 9.47 Å². The lowest BCUT2D eigenvalue weighted by Crippen LogP contribution is -2.53. The van der Waals surface area contributed by atoms with Gasteiger partial charge in [-0.1, -0.05) is 18.2 Å². The maximum atomic E-state index is 13.0. The van der Waals surface area contributed by atoms with Crippen LogP contribution in [0.15, 0.2) is 36.5 Å². The van der Waals surface area contributed by atoms with Crippen LogP contribution in [0.1, 0.15) is 23.2 Å². The Morgan fingerprint density at radius 2 is 2.22 bits per heavy atom. The van der Waals surface area contributed by atoms with Gasteiger partial charge in [-0.3, -0.25) is 9.78 Å². The van der Waals surface area contributed by atoms with Crippen molar-refractivity contribution in [3.63, 3.8) is 0 Å². The van der Waals surface area contributed by atoms with E-state index in [0.29, 0.717) is 18.7 Å². The van der Waals surface area contributed by atoms with Gasteiger partial charge in [-0.05, 0) is 25.0 Å². The van der Waals surface area contributed by atoms with Gasteiger partial charge in [0.1, 0.15) is 6.10 Å². The van der Waals surface area contributed by atoms with E-state index in [0.717, 1.165) is 23.7 Å². The van der Waals surface area contributed by atoms with Gasteiger partial charge in [0.15, 0.2) is 0 Å². The zero-order valence-corrected chi connectivity index (χ0v) is 13.1. The zero-order chi connectivity index (χ0) is 15.8. The number of amides is 1. The van der Waals surface area contributed by atoms with E-state index in [9.17, 15) is 4.79 Å². The standard InChI is InChI=1S/C18H20N2O3/c1-22-16-7-6-15-17(16)23-9-8-20(15)18(21)13-10-12-4-2-3-5-14(12)19-11-13/h2-5,10-11,15-17H,6-9H2,1H3/t15-,16-,17+/m0/s1. The maximum Gasteiger partial charge on any atom is 0.255 e. The predicted octanol–water partition coefficient (Wildman–Crippen LogP) is 2.25. The fourth-order valence-electron chi connectivity index (χ4n) is 3.77. The van der Waals surface area contributed by atoms with Gasteiger partial charge >= 0.3 is 0 Å². The molecule has 1 aromatic heterocycles. The Bertz CT molecular complexity index is 733. The Hall–Kier alpha value is -1.98. The zero-order valence-electron chi connectivity index (χ0n) is 13.1. The largest absolute Gasteiger partial charge is 0.379 e. The van der Waals surface area contributed by atoms with Gasteiger partial charge in [0.05, 0.1) is 29.8 Å². The number of pyridine rings is 1. The summed E-state index contributed by atoms with van der Waals surface area (Å²) in [5, 5.41) is 0.990. The number of hydrogen-bond donors (Lipinski definition) is 0. The predicted molar refractivity (Wildman–Crippen MR) is 86.3 cm³/mol. The molecular weight excluding hydrogens is 292 g/mol. The fourth-order valence-corrected chi connectivity index (χ4v) is 3.77. The summed E-state index contributed by atoms with van der Waals surface area (Å²) in [6.07, 6.45) is 3.62. The molecule has 1 saturated carbocycles. The number of hydrogen-bond acceptors (Lipinski definition) is 4. The third-order valence-corrected chi connectivity index (χ3v) is 4.94. The number of rotatable bonds is 2. The summed E-state index contributed by atoms with van der Waals surface area (Å²) in [6.45, 7) is 1.19. The first-order valence-electron chi connectivity index (χ1n) is 8.08. The number of nitrogens with zero attached hydrogens (tertiary/aromatic N) is 2. The monoisotopic (exact) mass is 312 g/mol. The van der Waals surface area contributed by atoms with Gasteiger partial charge in [-0.15, -0.1) is 0 Å². The number of carbonyl (C=O) groups is 1. The summed E-state index contributed by atoms with van der Waals surface area (Å²) < 4.78 is 11.4. The van der Waals surface area contributed by atoms with Crippen LogP contribution in [0.25, 0.3) is 10.9 Å². The van der Waals surface area contributed by atoms with Crippen molar-refractivity contribution in [1.82, 2.24) is 9.88 Å². The van der Waals surface area contributed by atoms with Crippen LogP contribution in [0.3, 0.4) is 0 Å². The third kappa shape index (κ3) is 2.50. The Morgan fingerprint density at radius 3 is 3.09 bits per heavy atom. The Labute approximate surface area is 135 Å². The van der Waals surface area contributed by atoms with Crippen molar-refractivity contribution in [2.45, 2.75) is 31.1 Å². The molecule has 1 aliphatic heterocycles. The number of methoxy groups -OCH3 is 1. The second kappa shape index (κ2) is 5.91. The summed E-state index contributed by atoms with van der Waals surface area (Å²) in [5.74, 6) is 0.0401. The van der Waals surface area contributed by atoms with Crippen LogP contribution in [-0.4, -0.2) is 54.3 Å². The van der Waals surface area contributed by atoms with E-state index in [-0.39, 0.29) is 24.2 Å². The second-order valence-electron chi connectivity index (χ2n) is 6.17. The Kier molecular flexibility index (Phi) is 3.75. The second-order valence-corrected chi connectivity index (χ2v) is 6.17. The average Bonchev–Trinajstić information content (AvgIpc) is 3.04. The van der Waals surface area contributed by atoms with Crippen molar-refractivity contribution in [2.75, 3.05) is 20.3 Å². The van der Waals surface area contributed by atoms with E-state index in [1.54, 1.807) is 13.3 Å². The minimum Gasteiger partial charge on any atom is -0.379 e. The summed E-state index contributed by atoms with van der Waals surface area (Å²) in [5.41, 5.74) is 1.55. The Balaban J connectivity index is 1.62. The summed E-state index contributed by atoms with van der Waals surface area (Å²) in [7, 11) is 1.71. The van der Waals surface area contributed by atoms with E-state index < -0.39 is 0 Å². The first kappa shape index (κ1) is 14.6. The normalized spacial score (nSPS) is 27.2. The molecule has 0 N–H and O–H groups in total. The van der Waals surface area contributed by atoms with Crippen molar-refractivity contribution in [2.24, 2.45) is 0 Å². The van der Waals surface area contributed by atoms with E-state index >= 15 is 0 Å². The highest BCUT2D eigenvalue weighted by Crippen LogP contribution is 2.32. The van der Waals surface area contributed by atoms with Crippen LogP contribution in [0, 0.1) is 0 Å². The summed E-state index contributed by atoms with van der Waals surface area (Å²) >= 11 is 0. The molecule has 0 bridgehead atoms. The number of carbonyl (C=O) groups excluding carboxylic acids is 1. The first-order valence-corrected chi connectivity index (χ1v) is 8.08. The molecule has 2 aromatic rings. The maximum absolute atomic E-state index is 13.0. The van der Waals surface area contributed by atoms with Gasteiger partial charge in [0.2, 0.25) is 0 Å². The van der Waals surface area contributed by atoms with Crippen molar-refractivity contribution in [3.05, 3.63) is 42.1 Å². The molecule has 2 aliphatic rings. The molecule has 4 rings (SSSR count). The minimum absolute atomic E-state index is 0.00823. The van der Waals surface area contributed by atoms with Crippen LogP contribution in [0.4, 0.5) is 0 Å². The lowest BCUT2D eigenvalue weighted by Gasteiger charge is -2.38. The lowest BCUT2D eigenvalue weighted by atomic mass is 10.1. The van der Waals surface area contributed by atoms with Crippen LogP contribution >= 0.6 is 0 Å². The third-order valence-electron chi connectivity index (χ3n) is 4.94. The minimum atomic E-state index is -0.00823. The lowest BCUT2D eigenvalue weighted by molar-refractivity contribution is -0.0946.